The average molecular weight is 304 g/mol. The first kappa shape index (κ1) is 15.3. The number of nitrogens with zero attached hydrogens (tertiary/aromatic N) is 2. The van der Waals surface area contributed by atoms with Gasteiger partial charge in [-0.1, -0.05) is 6.07 Å². The summed E-state index contributed by atoms with van der Waals surface area (Å²) in [5.41, 5.74) is 4.06. The van der Waals surface area contributed by atoms with E-state index >= 15 is 0 Å². The van der Waals surface area contributed by atoms with Crippen molar-refractivity contribution in [2.75, 3.05) is 12.4 Å². The van der Waals surface area contributed by atoms with Crippen molar-refractivity contribution >= 4 is 23.0 Å². The van der Waals surface area contributed by atoms with E-state index in [2.05, 4.69) is 15.7 Å². The highest BCUT2D eigenvalue weighted by Crippen LogP contribution is 2.24. The third-order valence-corrected chi connectivity index (χ3v) is 3.44. The Labute approximate surface area is 130 Å². The molecule has 2 aromatic rings. The van der Waals surface area contributed by atoms with E-state index in [-0.39, 0.29) is 0 Å². The van der Waals surface area contributed by atoms with E-state index in [1.807, 2.05) is 49.8 Å². The Morgan fingerprint density at radius 1 is 1.33 bits per heavy atom. The summed E-state index contributed by atoms with van der Waals surface area (Å²) in [6.45, 7) is 4.63. The molecule has 0 amide bonds. The summed E-state index contributed by atoms with van der Waals surface area (Å²) in [7, 11) is 3.57. The van der Waals surface area contributed by atoms with E-state index < -0.39 is 0 Å². The minimum atomic E-state index is 0.544. The molecule has 0 bridgehead atoms. The predicted octanol–water partition coefficient (Wildman–Crippen LogP) is 2.53. The number of aryl methyl sites for hydroxylation is 3. The van der Waals surface area contributed by atoms with Crippen LogP contribution in [0.3, 0.4) is 0 Å². The smallest absolute Gasteiger partial charge is 0.171 e. The van der Waals surface area contributed by atoms with Crippen LogP contribution >= 0.6 is 12.2 Å². The second-order valence-electron chi connectivity index (χ2n) is 4.91. The Bertz CT molecular complexity index is 632. The van der Waals surface area contributed by atoms with E-state index in [0.29, 0.717) is 11.7 Å². The number of thiocarbonyl (C=S) groups is 1. The van der Waals surface area contributed by atoms with Gasteiger partial charge in [0.2, 0.25) is 0 Å². The highest BCUT2D eigenvalue weighted by molar-refractivity contribution is 7.80. The minimum absolute atomic E-state index is 0.544. The van der Waals surface area contributed by atoms with E-state index in [9.17, 15) is 0 Å². The van der Waals surface area contributed by atoms with Gasteiger partial charge in [0, 0.05) is 12.7 Å². The number of methoxy groups -OCH3 is 1. The molecule has 2 rings (SSSR count). The zero-order valence-corrected chi connectivity index (χ0v) is 13.5. The Kier molecular flexibility index (Phi) is 4.80. The molecule has 6 heteroatoms. The molecule has 1 heterocycles. The summed E-state index contributed by atoms with van der Waals surface area (Å²) >= 11 is 5.31. The fourth-order valence-electron chi connectivity index (χ4n) is 1.98. The van der Waals surface area contributed by atoms with Gasteiger partial charge in [0.15, 0.2) is 5.11 Å². The van der Waals surface area contributed by atoms with Gasteiger partial charge in [0.25, 0.3) is 0 Å². The van der Waals surface area contributed by atoms with Crippen LogP contribution in [0.15, 0.2) is 24.3 Å². The largest absolute Gasteiger partial charge is 0.495 e. The summed E-state index contributed by atoms with van der Waals surface area (Å²) in [6.07, 6.45) is 0. The lowest BCUT2D eigenvalue weighted by molar-refractivity contribution is 0.417. The fraction of sp³-hybridized carbons (Fsp3) is 0.333. The Morgan fingerprint density at radius 3 is 2.71 bits per heavy atom. The predicted molar refractivity (Wildman–Crippen MR) is 88.7 cm³/mol. The lowest BCUT2D eigenvalue weighted by Gasteiger charge is -2.13. The number of ether oxygens (including phenoxy) is 1. The number of aromatic nitrogens is 2. The molecule has 0 atom stereocenters. The third-order valence-electron chi connectivity index (χ3n) is 3.20. The molecule has 0 fully saturated rings. The number of anilines is 1. The summed E-state index contributed by atoms with van der Waals surface area (Å²) in [6, 6.07) is 7.94. The first-order valence-corrected chi connectivity index (χ1v) is 7.09. The van der Waals surface area contributed by atoms with E-state index in [4.69, 9.17) is 17.0 Å². The summed E-state index contributed by atoms with van der Waals surface area (Å²) in [5.74, 6) is 0.762. The van der Waals surface area contributed by atoms with Crippen molar-refractivity contribution in [1.82, 2.24) is 15.1 Å². The van der Waals surface area contributed by atoms with Crippen LogP contribution in [0.2, 0.25) is 0 Å². The number of benzene rings is 1. The second-order valence-corrected chi connectivity index (χ2v) is 5.32. The first-order chi connectivity index (χ1) is 9.99. The van der Waals surface area contributed by atoms with Crippen molar-refractivity contribution in [2.24, 2.45) is 7.05 Å². The van der Waals surface area contributed by atoms with Crippen LogP contribution < -0.4 is 15.4 Å². The molecular formula is C15H20N4OS. The van der Waals surface area contributed by atoms with Gasteiger partial charge in [-0.3, -0.25) is 4.68 Å². The highest BCUT2D eigenvalue weighted by Gasteiger charge is 2.06. The van der Waals surface area contributed by atoms with Crippen LogP contribution in [0, 0.1) is 13.8 Å². The van der Waals surface area contributed by atoms with E-state index in [1.54, 1.807) is 7.11 Å². The molecule has 0 radical (unpaired) electrons. The lowest BCUT2D eigenvalue weighted by atomic mass is 10.2. The fourth-order valence-corrected chi connectivity index (χ4v) is 2.16. The molecular weight excluding hydrogens is 284 g/mol. The molecule has 0 saturated carbocycles. The molecule has 0 saturated heterocycles. The van der Waals surface area contributed by atoms with Crippen LogP contribution in [-0.4, -0.2) is 22.0 Å². The molecule has 0 aliphatic heterocycles. The van der Waals surface area contributed by atoms with Gasteiger partial charge in [0.05, 0.1) is 25.0 Å². The molecule has 112 valence electrons. The van der Waals surface area contributed by atoms with E-state index in [0.717, 1.165) is 28.4 Å². The molecule has 2 N–H and O–H groups in total. The first-order valence-electron chi connectivity index (χ1n) is 6.68. The van der Waals surface area contributed by atoms with Crippen LogP contribution in [0.25, 0.3) is 0 Å². The van der Waals surface area contributed by atoms with Gasteiger partial charge in [-0.05, 0) is 49.8 Å². The SMILES string of the molecule is COc1ccc(C)cc1NC(=S)NCc1cc(C)n(C)n1. The molecule has 0 aliphatic rings. The number of hydrogen-bond acceptors (Lipinski definition) is 3. The third kappa shape index (κ3) is 3.95. The van der Waals surface area contributed by atoms with Gasteiger partial charge in [-0.2, -0.15) is 5.10 Å². The summed E-state index contributed by atoms with van der Waals surface area (Å²) in [4.78, 5) is 0. The second kappa shape index (κ2) is 6.58. The number of hydrogen-bond donors (Lipinski definition) is 2. The van der Waals surface area contributed by atoms with Crippen molar-refractivity contribution in [3.05, 3.63) is 41.2 Å². The monoisotopic (exact) mass is 304 g/mol. The number of nitrogens with one attached hydrogen (secondary N) is 2. The highest BCUT2D eigenvalue weighted by atomic mass is 32.1. The van der Waals surface area contributed by atoms with Crippen molar-refractivity contribution in [3.63, 3.8) is 0 Å². The molecule has 0 aliphatic carbocycles. The molecule has 1 aromatic carbocycles. The van der Waals surface area contributed by atoms with Gasteiger partial charge in [-0.25, -0.2) is 0 Å². The maximum Gasteiger partial charge on any atom is 0.171 e. The van der Waals surface area contributed by atoms with Crippen molar-refractivity contribution in [3.8, 4) is 5.75 Å². The standard InChI is InChI=1S/C15H20N4OS/c1-10-5-6-14(20-4)13(7-10)17-15(21)16-9-12-8-11(2)19(3)18-12/h5-8H,9H2,1-4H3,(H2,16,17,21). The van der Waals surface area contributed by atoms with Crippen LogP contribution in [-0.2, 0) is 13.6 Å². The Hall–Kier alpha value is -2.08. The zero-order valence-electron chi connectivity index (χ0n) is 12.7. The van der Waals surface area contributed by atoms with Gasteiger partial charge < -0.3 is 15.4 Å². The average Bonchev–Trinajstić information content (AvgIpc) is 2.76. The zero-order chi connectivity index (χ0) is 15.4. The van der Waals surface area contributed by atoms with Crippen LogP contribution in [0.5, 0.6) is 5.75 Å². The van der Waals surface area contributed by atoms with Gasteiger partial charge in [-0.15, -0.1) is 0 Å². The maximum atomic E-state index is 5.32. The van der Waals surface area contributed by atoms with Gasteiger partial charge >= 0.3 is 0 Å². The molecule has 1 aromatic heterocycles. The summed E-state index contributed by atoms with van der Waals surface area (Å²) in [5, 5.41) is 11.2. The quantitative estimate of drug-likeness (QED) is 0.850. The van der Waals surface area contributed by atoms with Crippen LogP contribution in [0.4, 0.5) is 5.69 Å². The van der Waals surface area contributed by atoms with E-state index in [1.165, 1.54) is 0 Å². The maximum absolute atomic E-state index is 5.32. The molecule has 0 spiro atoms. The number of rotatable bonds is 4. The Morgan fingerprint density at radius 2 is 2.10 bits per heavy atom. The van der Waals surface area contributed by atoms with Gasteiger partial charge in [0.1, 0.15) is 5.75 Å². The molecule has 0 unspecified atom stereocenters. The summed E-state index contributed by atoms with van der Waals surface area (Å²) < 4.78 is 7.16. The van der Waals surface area contributed by atoms with Crippen LogP contribution in [0.1, 0.15) is 17.0 Å². The lowest BCUT2D eigenvalue weighted by Crippen LogP contribution is -2.28. The van der Waals surface area contributed by atoms with Crippen molar-refractivity contribution in [1.29, 1.82) is 0 Å². The molecule has 5 nitrogen and oxygen atoms in total. The normalized spacial score (nSPS) is 10.3. The van der Waals surface area contributed by atoms with Crippen molar-refractivity contribution < 1.29 is 4.74 Å². The Balaban J connectivity index is 1.97. The molecule has 21 heavy (non-hydrogen) atoms. The topological polar surface area (TPSA) is 51.1 Å². The van der Waals surface area contributed by atoms with Crippen molar-refractivity contribution in [2.45, 2.75) is 20.4 Å². The minimum Gasteiger partial charge on any atom is -0.495 e.